The average molecular weight is 208 g/mol. The number of H-pyrrole nitrogens is 1. The van der Waals surface area contributed by atoms with E-state index >= 15 is 0 Å². The molecular formula is C11H16N2S. The second-order valence-corrected chi connectivity index (χ2v) is 4.40. The van der Waals surface area contributed by atoms with Crippen molar-refractivity contribution in [2.75, 3.05) is 0 Å². The van der Waals surface area contributed by atoms with Crippen molar-refractivity contribution in [3.05, 3.63) is 21.7 Å². The third-order valence-corrected chi connectivity index (χ3v) is 3.43. The van der Waals surface area contributed by atoms with E-state index in [0.717, 1.165) is 16.9 Å². The fourth-order valence-electron chi connectivity index (χ4n) is 1.92. The normalized spacial score (nSPS) is 16.7. The highest BCUT2D eigenvalue weighted by Crippen LogP contribution is 2.34. The highest BCUT2D eigenvalue weighted by atomic mass is 32.1. The van der Waals surface area contributed by atoms with Crippen LogP contribution < -0.4 is 0 Å². The molecule has 14 heavy (non-hydrogen) atoms. The van der Waals surface area contributed by atoms with E-state index in [9.17, 15) is 0 Å². The van der Waals surface area contributed by atoms with Crippen LogP contribution in [-0.2, 0) is 6.42 Å². The standard InChI is InChI=1S/C11H16N2S/c1-3-9-7(2)12-10(13-11(9)14)8-5-4-6-8/h8H,3-6H2,1-2H3,(H,12,13,14). The highest BCUT2D eigenvalue weighted by Gasteiger charge is 2.22. The Morgan fingerprint density at radius 2 is 2.21 bits per heavy atom. The molecule has 0 radical (unpaired) electrons. The van der Waals surface area contributed by atoms with E-state index in [1.165, 1.54) is 30.5 Å². The molecule has 1 N–H and O–H groups in total. The predicted molar refractivity (Wildman–Crippen MR) is 60.1 cm³/mol. The van der Waals surface area contributed by atoms with Crippen LogP contribution in [0.4, 0.5) is 0 Å². The smallest absolute Gasteiger partial charge is 0.133 e. The van der Waals surface area contributed by atoms with E-state index in [4.69, 9.17) is 12.2 Å². The Morgan fingerprint density at radius 1 is 1.50 bits per heavy atom. The van der Waals surface area contributed by atoms with Crippen molar-refractivity contribution in [3.8, 4) is 0 Å². The maximum Gasteiger partial charge on any atom is 0.133 e. The molecule has 1 aromatic rings. The van der Waals surface area contributed by atoms with Crippen molar-refractivity contribution in [1.82, 2.24) is 9.97 Å². The summed E-state index contributed by atoms with van der Waals surface area (Å²) in [6, 6.07) is 0. The van der Waals surface area contributed by atoms with Crippen LogP contribution in [0.25, 0.3) is 0 Å². The van der Waals surface area contributed by atoms with Gasteiger partial charge in [-0.15, -0.1) is 0 Å². The molecule has 1 aromatic heterocycles. The molecule has 0 unspecified atom stereocenters. The first-order valence-electron chi connectivity index (χ1n) is 5.32. The highest BCUT2D eigenvalue weighted by molar-refractivity contribution is 7.71. The topological polar surface area (TPSA) is 28.7 Å². The first-order valence-corrected chi connectivity index (χ1v) is 5.73. The van der Waals surface area contributed by atoms with Gasteiger partial charge in [0.15, 0.2) is 0 Å². The number of nitrogens with zero attached hydrogens (tertiary/aromatic N) is 1. The van der Waals surface area contributed by atoms with Crippen LogP contribution in [0.1, 0.15) is 49.2 Å². The van der Waals surface area contributed by atoms with Gasteiger partial charge >= 0.3 is 0 Å². The number of aromatic amines is 1. The van der Waals surface area contributed by atoms with Crippen LogP contribution in [0.2, 0.25) is 0 Å². The minimum absolute atomic E-state index is 0.640. The lowest BCUT2D eigenvalue weighted by molar-refractivity contribution is 0.400. The fraction of sp³-hybridized carbons (Fsp3) is 0.636. The summed E-state index contributed by atoms with van der Waals surface area (Å²) in [5.41, 5.74) is 2.40. The lowest BCUT2D eigenvalue weighted by Crippen LogP contribution is -2.14. The number of hydrogen-bond acceptors (Lipinski definition) is 2. The van der Waals surface area contributed by atoms with Gasteiger partial charge in [-0.3, -0.25) is 0 Å². The van der Waals surface area contributed by atoms with Crippen molar-refractivity contribution in [2.45, 2.75) is 45.4 Å². The second-order valence-electron chi connectivity index (χ2n) is 4.01. The van der Waals surface area contributed by atoms with Crippen molar-refractivity contribution < 1.29 is 0 Å². The summed E-state index contributed by atoms with van der Waals surface area (Å²) in [5.74, 6) is 1.75. The molecule has 1 aliphatic rings. The van der Waals surface area contributed by atoms with E-state index in [1.54, 1.807) is 0 Å². The van der Waals surface area contributed by atoms with Crippen LogP contribution in [-0.4, -0.2) is 9.97 Å². The van der Waals surface area contributed by atoms with Gasteiger partial charge in [0.05, 0.1) is 0 Å². The molecule has 1 aliphatic carbocycles. The summed E-state index contributed by atoms with van der Waals surface area (Å²) >= 11 is 5.29. The zero-order valence-corrected chi connectivity index (χ0v) is 9.58. The molecule has 0 saturated heterocycles. The van der Waals surface area contributed by atoms with E-state index < -0.39 is 0 Å². The molecule has 76 valence electrons. The van der Waals surface area contributed by atoms with Gasteiger partial charge in [-0.25, -0.2) is 4.98 Å². The molecule has 3 heteroatoms. The van der Waals surface area contributed by atoms with Crippen molar-refractivity contribution in [2.24, 2.45) is 0 Å². The lowest BCUT2D eigenvalue weighted by atomic mass is 9.85. The molecule has 1 saturated carbocycles. The molecule has 2 rings (SSSR count). The molecule has 0 aromatic carbocycles. The van der Waals surface area contributed by atoms with Gasteiger partial charge in [0.2, 0.25) is 0 Å². The number of nitrogens with one attached hydrogen (secondary N) is 1. The predicted octanol–water partition coefficient (Wildman–Crippen LogP) is 3.28. The zero-order chi connectivity index (χ0) is 10.1. The summed E-state index contributed by atoms with van der Waals surface area (Å²) < 4.78 is 0.797. The average Bonchev–Trinajstić information content (AvgIpc) is 2.00. The summed E-state index contributed by atoms with van der Waals surface area (Å²) in [4.78, 5) is 7.88. The second kappa shape index (κ2) is 3.81. The van der Waals surface area contributed by atoms with Gasteiger partial charge in [-0.2, -0.15) is 0 Å². The lowest BCUT2D eigenvalue weighted by Gasteiger charge is -2.25. The quantitative estimate of drug-likeness (QED) is 0.756. The third-order valence-electron chi connectivity index (χ3n) is 3.09. The Kier molecular flexibility index (Phi) is 2.68. The number of hydrogen-bond donors (Lipinski definition) is 1. The van der Waals surface area contributed by atoms with Crippen LogP contribution >= 0.6 is 12.2 Å². The molecule has 0 atom stereocenters. The Labute approximate surface area is 89.8 Å². The minimum atomic E-state index is 0.640. The van der Waals surface area contributed by atoms with Gasteiger partial charge in [-0.05, 0) is 26.2 Å². The fourth-order valence-corrected chi connectivity index (χ4v) is 2.32. The van der Waals surface area contributed by atoms with Gasteiger partial charge < -0.3 is 4.98 Å². The molecule has 0 spiro atoms. The first-order chi connectivity index (χ1) is 6.72. The zero-order valence-electron chi connectivity index (χ0n) is 8.76. The van der Waals surface area contributed by atoms with E-state index in [1.807, 2.05) is 0 Å². The first kappa shape index (κ1) is 9.84. The van der Waals surface area contributed by atoms with Crippen LogP contribution in [0, 0.1) is 11.6 Å². The maximum absolute atomic E-state index is 5.29. The van der Waals surface area contributed by atoms with Crippen molar-refractivity contribution in [1.29, 1.82) is 0 Å². The van der Waals surface area contributed by atoms with Gasteiger partial charge in [0.25, 0.3) is 0 Å². The maximum atomic E-state index is 5.29. The molecule has 1 fully saturated rings. The Balaban J connectivity index is 2.40. The Hall–Kier alpha value is -0.700. The molecule has 2 nitrogen and oxygen atoms in total. The van der Waals surface area contributed by atoms with Gasteiger partial charge in [0, 0.05) is 17.2 Å². The minimum Gasteiger partial charge on any atom is -0.347 e. The summed E-state index contributed by atoms with van der Waals surface area (Å²) in [6.07, 6.45) is 4.84. The van der Waals surface area contributed by atoms with Crippen molar-refractivity contribution in [3.63, 3.8) is 0 Å². The van der Waals surface area contributed by atoms with Crippen LogP contribution in [0.3, 0.4) is 0 Å². The molecule has 0 aliphatic heterocycles. The Morgan fingerprint density at radius 3 is 2.64 bits per heavy atom. The van der Waals surface area contributed by atoms with E-state index in [0.29, 0.717) is 5.92 Å². The largest absolute Gasteiger partial charge is 0.347 e. The number of rotatable bonds is 2. The molecule has 0 bridgehead atoms. The Bertz CT molecular complexity index is 391. The molecular weight excluding hydrogens is 192 g/mol. The van der Waals surface area contributed by atoms with E-state index in [2.05, 4.69) is 23.8 Å². The van der Waals surface area contributed by atoms with Crippen LogP contribution in [0.15, 0.2) is 0 Å². The summed E-state index contributed by atoms with van der Waals surface area (Å²) in [6.45, 7) is 4.22. The van der Waals surface area contributed by atoms with Crippen LogP contribution in [0.5, 0.6) is 0 Å². The van der Waals surface area contributed by atoms with Gasteiger partial charge in [-0.1, -0.05) is 25.6 Å². The number of aryl methyl sites for hydroxylation is 1. The molecule has 1 heterocycles. The van der Waals surface area contributed by atoms with E-state index in [-0.39, 0.29) is 0 Å². The summed E-state index contributed by atoms with van der Waals surface area (Å²) in [7, 11) is 0. The SMILES string of the molecule is CCc1c(C)[nH]c(C2CCC2)nc1=S. The van der Waals surface area contributed by atoms with Gasteiger partial charge in [0.1, 0.15) is 10.5 Å². The van der Waals surface area contributed by atoms with Crippen molar-refractivity contribution >= 4 is 12.2 Å². The monoisotopic (exact) mass is 208 g/mol. The summed E-state index contributed by atoms with van der Waals surface area (Å²) in [5, 5.41) is 0. The molecule has 0 amide bonds. The third kappa shape index (κ3) is 1.61. The number of aromatic nitrogens is 2.